The van der Waals surface area contributed by atoms with Crippen LogP contribution in [-0.2, 0) is 0 Å². The summed E-state index contributed by atoms with van der Waals surface area (Å²) in [6.07, 6.45) is 0. The van der Waals surface area contributed by atoms with E-state index in [4.69, 9.17) is 20.8 Å². The SMILES string of the molecule is CN(C)c1ccc(-c2nc3cc(N/N=C(\C#N)C(=N)N)ccc3o2)cc1. The van der Waals surface area contributed by atoms with Gasteiger partial charge < -0.3 is 15.1 Å². The highest BCUT2D eigenvalue weighted by Crippen LogP contribution is 2.27. The van der Waals surface area contributed by atoms with Crippen molar-refractivity contribution in [1.29, 1.82) is 10.7 Å². The van der Waals surface area contributed by atoms with Gasteiger partial charge in [0.2, 0.25) is 11.6 Å². The zero-order valence-corrected chi connectivity index (χ0v) is 14.3. The number of hydrogen-bond acceptors (Lipinski definition) is 7. The van der Waals surface area contributed by atoms with E-state index < -0.39 is 5.84 Å². The van der Waals surface area contributed by atoms with Crippen molar-refractivity contribution in [2.75, 3.05) is 24.4 Å². The van der Waals surface area contributed by atoms with E-state index in [1.54, 1.807) is 24.3 Å². The van der Waals surface area contributed by atoms with Gasteiger partial charge in [-0.15, -0.1) is 0 Å². The van der Waals surface area contributed by atoms with Crippen LogP contribution >= 0.6 is 0 Å². The fraction of sp³-hybridized carbons (Fsp3) is 0.111. The molecular weight excluding hydrogens is 330 g/mol. The number of nitrogens with one attached hydrogen (secondary N) is 2. The van der Waals surface area contributed by atoms with E-state index in [0.717, 1.165) is 11.3 Å². The van der Waals surface area contributed by atoms with Crippen LogP contribution in [0, 0.1) is 16.7 Å². The first-order valence-electron chi connectivity index (χ1n) is 7.74. The highest BCUT2D eigenvalue weighted by Gasteiger charge is 2.09. The molecule has 0 spiro atoms. The summed E-state index contributed by atoms with van der Waals surface area (Å²) < 4.78 is 5.80. The summed E-state index contributed by atoms with van der Waals surface area (Å²) >= 11 is 0. The van der Waals surface area contributed by atoms with Gasteiger partial charge in [0.25, 0.3) is 0 Å². The van der Waals surface area contributed by atoms with Crippen LogP contribution in [0.1, 0.15) is 0 Å². The lowest BCUT2D eigenvalue weighted by atomic mass is 10.2. The fourth-order valence-corrected chi connectivity index (χ4v) is 2.29. The lowest BCUT2D eigenvalue weighted by Crippen LogP contribution is -2.21. The van der Waals surface area contributed by atoms with Gasteiger partial charge >= 0.3 is 0 Å². The Hall–Kier alpha value is -3.86. The van der Waals surface area contributed by atoms with Gasteiger partial charge in [-0.25, -0.2) is 4.98 Å². The maximum Gasteiger partial charge on any atom is 0.227 e. The molecule has 0 aliphatic carbocycles. The molecule has 0 saturated heterocycles. The first-order chi connectivity index (χ1) is 12.5. The van der Waals surface area contributed by atoms with E-state index in [-0.39, 0.29) is 5.71 Å². The van der Waals surface area contributed by atoms with Gasteiger partial charge in [-0.05, 0) is 42.5 Å². The Morgan fingerprint density at radius 3 is 2.62 bits per heavy atom. The van der Waals surface area contributed by atoms with Crippen molar-refractivity contribution in [1.82, 2.24) is 4.98 Å². The van der Waals surface area contributed by atoms with Crippen LogP contribution in [0.25, 0.3) is 22.6 Å². The van der Waals surface area contributed by atoms with Crippen molar-refractivity contribution in [3.8, 4) is 17.5 Å². The third-order valence-electron chi connectivity index (χ3n) is 3.68. The van der Waals surface area contributed by atoms with Gasteiger partial charge in [0.1, 0.15) is 11.6 Å². The highest BCUT2D eigenvalue weighted by atomic mass is 16.3. The van der Waals surface area contributed by atoms with Gasteiger partial charge in [0.05, 0.1) is 5.69 Å². The Kier molecular flexibility index (Phi) is 4.53. The average Bonchev–Trinajstić information content (AvgIpc) is 3.05. The largest absolute Gasteiger partial charge is 0.436 e. The second-order valence-electron chi connectivity index (χ2n) is 5.74. The number of nitriles is 1. The minimum Gasteiger partial charge on any atom is -0.436 e. The molecule has 1 heterocycles. The fourth-order valence-electron chi connectivity index (χ4n) is 2.29. The number of oxazole rings is 1. The third-order valence-corrected chi connectivity index (χ3v) is 3.68. The normalized spacial score (nSPS) is 11.2. The van der Waals surface area contributed by atoms with E-state index in [1.807, 2.05) is 43.3 Å². The summed E-state index contributed by atoms with van der Waals surface area (Å²) in [6, 6.07) is 14.9. The first kappa shape index (κ1) is 17.0. The Balaban J connectivity index is 1.88. The van der Waals surface area contributed by atoms with Crippen LogP contribution in [0.2, 0.25) is 0 Å². The number of benzene rings is 2. The molecule has 8 nitrogen and oxygen atoms in total. The molecule has 3 rings (SSSR count). The van der Waals surface area contributed by atoms with Crippen molar-refractivity contribution < 1.29 is 4.42 Å². The van der Waals surface area contributed by atoms with Gasteiger partial charge in [0.15, 0.2) is 11.4 Å². The van der Waals surface area contributed by atoms with Gasteiger partial charge in [-0.2, -0.15) is 10.4 Å². The van der Waals surface area contributed by atoms with Crippen LogP contribution in [0.3, 0.4) is 0 Å². The average molecular weight is 347 g/mol. The number of nitrogens with two attached hydrogens (primary N) is 1. The minimum absolute atomic E-state index is 0.188. The summed E-state index contributed by atoms with van der Waals surface area (Å²) in [5, 5.41) is 19.9. The van der Waals surface area contributed by atoms with Crippen LogP contribution in [0.4, 0.5) is 11.4 Å². The molecule has 0 bridgehead atoms. The predicted octanol–water partition coefficient (Wildman–Crippen LogP) is 2.79. The number of nitrogens with zero attached hydrogens (tertiary/aromatic N) is 4. The highest BCUT2D eigenvalue weighted by molar-refractivity contribution is 6.45. The molecule has 1 aromatic heterocycles. The number of anilines is 2. The molecule has 130 valence electrons. The van der Waals surface area contributed by atoms with Crippen LogP contribution in [0.5, 0.6) is 0 Å². The third kappa shape index (κ3) is 3.47. The van der Waals surface area contributed by atoms with E-state index >= 15 is 0 Å². The molecule has 0 aliphatic heterocycles. The van der Waals surface area contributed by atoms with Gasteiger partial charge in [0, 0.05) is 25.3 Å². The van der Waals surface area contributed by atoms with E-state index in [2.05, 4.69) is 15.5 Å². The second kappa shape index (κ2) is 6.94. The van der Waals surface area contributed by atoms with Gasteiger partial charge in [-0.1, -0.05) is 0 Å². The Bertz CT molecular complexity index is 1030. The van der Waals surface area contributed by atoms with Crippen LogP contribution in [-0.4, -0.2) is 30.6 Å². The Morgan fingerprint density at radius 1 is 1.27 bits per heavy atom. The number of hydrogen-bond donors (Lipinski definition) is 3. The summed E-state index contributed by atoms with van der Waals surface area (Å²) in [5.41, 5.74) is 11.6. The monoisotopic (exact) mass is 347 g/mol. The Labute approximate surface area is 150 Å². The molecule has 2 aromatic carbocycles. The van der Waals surface area contributed by atoms with Crippen molar-refractivity contribution in [3.05, 3.63) is 42.5 Å². The Morgan fingerprint density at radius 2 is 2.00 bits per heavy atom. The molecule has 0 unspecified atom stereocenters. The lowest BCUT2D eigenvalue weighted by Gasteiger charge is -2.11. The molecule has 0 amide bonds. The molecule has 0 atom stereocenters. The minimum atomic E-state index is -0.397. The summed E-state index contributed by atoms with van der Waals surface area (Å²) in [7, 11) is 3.96. The summed E-state index contributed by atoms with van der Waals surface area (Å²) in [6.45, 7) is 0. The number of amidine groups is 1. The van der Waals surface area contributed by atoms with Crippen molar-refractivity contribution in [3.63, 3.8) is 0 Å². The molecular formula is C18H17N7O. The quantitative estimate of drug-likeness (QED) is 0.370. The lowest BCUT2D eigenvalue weighted by molar-refractivity contribution is 0.620. The van der Waals surface area contributed by atoms with E-state index in [1.165, 1.54) is 0 Å². The first-order valence-corrected chi connectivity index (χ1v) is 7.74. The molecule has 3 aromatic rings. The van der Waals surface area contributed by atoms with Gasteiger partial charge in [-0.3, -0.25) is 10.8 Å². The molecule has 4 N–H and O–H groups in total. The van der Waals surface area contributed by atoms with Crippen molar-refractivity contribution >= 4 is 34.0 Å². The van der Waals surface area contributed by atoms with Crippen LogP contribution in [0.15, 0.2) is 52.0 Å². The summed E-state index contributed by atoms with van der Waals surface area (Å²) in [5.74, 6) is 0.123. The smallest absolute Gasteiger partial charge is 0.227 e. The van der Waals surface area contributed by atoms with Crippen molar-refractivity contribution in [2.45, 2.75) is 0 Å². The standard InChI is InChI=1S/C18H17N7O/c1-25(2)13-6-3-11(4-7-13)18-22-14-9-12(5-8-16(14)26-18)23-24-15(10-19)17(20)21/h3-9,23H,1-2H3,(H3,20,21)/b24-15+. The molecule has 0 radical (unpaired) electrons. The predicted molar refractivity (Wildman–Crippen MR) is 102 cm³/mol. The van der Waals surface area contributed by atoms with E-state index in [9.17, 15) is 0 Å². The molecule has 0 aliphatic rings. The molecule has 0 saturated carbocycles. The topological polar surface area (TPSA) is 127 Å². The zero-order chi connectivity index (χ0) is 18.7. The number of hydrazone groups is 1. The molecule has 8 heteroatoms. The second-order valence-corrected chi connectivity index (χ2v) is 5.74. The maximum atomic E-state index is 8.86. The molecule has 0 fully saturated rings. The summed E-state index contributed by atoms with van der Waals surface area (Å²) in [4.78, 5) is 6.52. The van der Waals surface area contributed by atoms with Crippen molar-refractivity contribution in [2.24, 2.45) is 10.8 Å². The number of rotatable bonds is 5. The number of fused-ring (bicyclic) bond motifs is 1. The zero-order valence-electron chi connectivity index (χ0n) is 14.3. The number of aromatic nitrogens is 1. The van der Waals surface area contributed by atoms with E-state index in [0.29, 0.717) is 22.7 Å². The van der Waals surface area contributed by atoms with Crippen LogP contribution < -0.4 is 16.1 Å². The maximum absolute atomic E-state index is 8.86. The molecule has 26 heavy (non-hydrogen) atoms.